The molecule has 0 aliphatic carbocycles. The highest BCUT2D eigenvalue weighted by Gasteiger charge is 2.85. The first-order valence-electron chi connectivity index (χ1n) is 3.62. The number of carbonyl (C=O) groups is 1. The van der Waals surface area contributed by atoms with Crippen molar-refractivity contribution in [3.05, 3.63) is 0 Å². The molecule has 1 spiro atoms. The summed E-state index contributed by atoms with van der Waals surface area (Å²) in [7, 11) is -3.67. The molecule has 0 amide bonds. The van der Waals surface area contributed by atoms with Crippen LogP contribution < -0.4 is 0 Å². The Morgan fingerprint density at radius 3 is 2.69 bits per heavy atom. The molecule has 1 unspecified atom stereocenters. The summed E-state index contributed by atoms with van der Waals surface area (Å²) in [5, 5.41) is 9.70. The van der Waals surface area contributed by atoms with E-state index in [1.807, 2.05) is 0 Å². The lowest BCUT2D eigenvalue weighted by atomic mass is 10.0. The minimum absolute atomic E-state index is 0.0101. The third kappa shape index (κ3) is 0.672. The van der Waals surface area contributed by atoms with Gasteiger partial charge in [-0.2, -0.15) is 0 Å². The number of hydrogen-bond donors (Lipinski definition) is 1. The monoisotopic (exact) mass is 208 g/mol. The molecular weight excluding hydrogens is 203 g/mol. The smallest absolute Gasteiger partial charge is 0.461 e. The largest absolute Gasteiger partial charge is 0.484 e. The van der Waals surface area contributed by atoms with E-state index >= 15 is 0 Å². The van der Waals surface area contributed by atoms with Gasteiger partial charge in [-0.1, -0.05) is 0 Å². The van der Waals surface area contributed by atoms with Crippen LogP contribution in [0.1, 0.15) is 6.42 Å². The van der Waals surface area contributed by atoms with E-state index in [1.54, 1.807) is 0 Å². The zero-order chi connectivity index (χ0) is 9.32. The summed E-state index contributed by atoms with van der Waals surface area (Å²) < 4.78 is 29.7. The minimum Gasteiger partial charge on any atom is -0.461 e. The lowest BCUT2D eigenvalue weighted by molar-refractivity contribution is -0.301. The van der Waals surface area contributed by atoms with Crippen LogP contribution in [0.4, 0.5) is 0 Å². The highest BCUT2D eigenvalue weighted by molar-refractivity contribution is 7.50. The van der Waals surface area contributed by atoms with Gasteiger partial charge in [0.2, 0.25) is 5.79 Å². The van der Waals surface area contributed by atoms with Crippen molar-refractivity contribution in [3.63, 3.8) is 0 Å². The maximum absolute atomic E-state index is 11.2. The molecule has 2 bridgehead atoms. The molecule has 4 rings (SSSR count). The van der Waals surface area contributed by atoms with Crippen LogP contribution in [0.15, 0.2) is 0 Å². The summed E-state index contributed by atoms with van der Waals surface area (Å²) in [6.07, 6.45) is -0.0112. The van der Waals surface area contributed by atoms with E-state index in [0.717, 1.165) is 0 Å². The van der Waals surface area contributed by atoms with Gasteiger partial charge in [-0.3, -0.25) is 0 Å². The van der Waals surface area contributed by atoms with E-state index in [-0.39, 0.29) is 13.0 Å². The van der Waals surface area contributed by atoms with Gasteiger partial charge in [0, 0.05) is 6.42 Å². The highest BCUT2D eigenvalue weighted by atomic mass is 31.2. The van der Waals surface area contributed by atoms with Crippen LogP contribution >= 0.6 is 7.82 Å². The van der Waals surface area contributed by atoms with Crippen molar-refractivity contribution >= 4 is 13.8 Å². The van der Waals surface area contributed by atoms with E-state index in [9.17, 15) is 14.5 Å². The number of rotatable bonds is 0. The van der Waals surface area contributed by atoms with E-state index in [2.05, 4.69) is 18.3 Å². The van der Waals surface area contributed by atoms with Crippen molar-refractivity contribution < 1.29 is 32.8 Å². The number of ether oxygens (including phenoxy) is 1. The number of hydrogen-bond acceptors (Lipinski definition) is 7. The number of phosphoric acid groups is 1. The fraction of sp³-hybridized carbons (Fsp3) is 0.800. The molecule has 8 heteroatoms. The lowest BCUT2D eigenvalue weighted by Gasteiger charge is -2.38. The van der Waals surface area contributed by atoms with Gasteiger partial charge in [0.1, 0.15) is 0 Å². The predicted molar refractivity (Wildman–Crippen MR) is 34.1 cm³/mol. The van der Waals surface area contributed by atoms with Gasteiger partial charge in [-0.05, 0) is 0 Å². The molecule has 1 atom stereocenters. The van der Waals surface area contributed by atoms with Crippen LogP contribution in [-0.4, -0.2) is 29.3 Å². The molecule has 0 aromatic carbocycles. The molecule has 0 radical (unpaired) electrons. The van der Waals surface area contributed by atoms with E-state index in [4.69, 9.17) is 0 Å². The van der Waals surface area contributed by atoms with Gasteiger partial charge in [-0.15, -0.1) is 0 Å². The van der Waals surface area contributed by atoms with Crippen molar-refractivity contribution in [2.24, 2.45) is 0 Å². The van der Waals surface area contributed by atoms with Crippen molar-refractivity contribution in [3.8, 4) is 0 Å². The summed E-state index contributed by atoms with van der Waals surface area (Å²) in [4.78, 5) is 11.1. The topological polar surface area (TPSA) is 91.3 Å². The van der Waals surface area contributed by atoms with Crippen LogP contribution in [0.5, 0.6) is 0 Å². The maximum atomic E-state index is 11.2. The highest BCUT2D eigenvalue weighted by Crippen LogP contribution is 2.78. The van der Waals surface area contributed by atoms with E-state index in [1.165, 1.54) is 0 Å². The number of aliphatic hydroxyl groups is 1. The summed E-state index contributed by atoms with van der Waals surface area (Å²) in [6.45, 7) is -0.0101. The Morgan fingerprint density at radius 1 is 1.38 bits per heavy atom. The van der Waals surface area contributed by atoms with Crippen LogP contribution in [0.3, 0.4) is 0 Å². The fourth-order valence-corrected chi connectivity index (χ4v) is 3.30. The standard InChI is InChI=1S/C5H5O7P/c6-3-5-4(7,1-2-9-3)10-13(8,11-5)12-5/h7H,1-2H2. The second-order valence-electron chi connectivity index (χ2n) is 3.01. The Bertz CT molecular complexity index is 341. The number of carbonyl (C=O) groups excluding carboxylic acids is 1. The molecule has 0 saturated carbocycles. The van der Waals surface area contributed by atoms with Crippen molar-refractivity contribution in [2.45, 2.75) is 18.0 Å². The summed E-state index contributed by atoms with van der Waals surface area (Å²) in [5.74, 6) is -4.84. The molecule has 4 aliphatic rings. The van der Waals surface area contributed by atoms with Gasteiger partial charge >= 0.3 is 19.6 Å². The Hall–Kier alpha value is -0.460. The maximum Gasteiger partial charge on any atom is 0.484 e. The summed E-state index contributed by atoms with van der Waals surface area (Å²) >= 11 is 0. The second kappa shape index (κ2) is 1.82. The summed E-state index contributed by atoms with van der Waals surface area (Å²) in [5.41, 5.74) is 0. The zero-order valence-electron chi connectivity index (χ0n) is 6.26. The second-order valence-corrected chi connectivity index (χ2v) is 4.45. The first-order chi connectivity index (χ1) is 6.00. The Balaban J connectivity index is 2.11. The fourth-order valence-electron chi connectivity index (χ4n) is 1.57. The third-order valence-electron chi connectivity index (χ3n) is 2.20. The number of cyclic esters (lactones) is 1. The van der Waals surface area contributed by atoms with E-state index < -0.39 is 25.4 Å². The van der Waals surface area contributed by atoms with Crippen LogP contribution in [0, 0.1) is 0 Å². The van der Waals surface area contributed by atoms with Crippen molar-refractivity contribution in [2.75, 3.05) is 6.61 Å². The van der Waals surface area contributed by atoms with E-state index in [0.29, 0.717) is 0 Å². The van der Waals surface area contributed by atoms with Crippen LogP contribution in [0.2, 0.25) is 0 Å². The first-order valence-corrected chi connectivity index (χ1v) is 5.08. The zero-order valence-corrected chi connectivity index (χ0v) is 7.15. The summed E-state index contributed by atoms with van der Waals surface area (Å²) in [6, 6.07) is 0. The Labute approximate surface area is 72.1 Å². The normalized spacial score (nSPS) is 58.1. The van der Waals surface area contributed by atoms with Crippen LogP contribution in [0.25, 0.3) is 0 Å². The van der Waals surface area contributed by atoms with Crippen molar-refractivity contribution in [1.82, 2.24) is 0 Å². The molecule has 0 aromatic rings. The third-order valence-corrected chi connectivity index (χ3v) is 3.69. The Morgan fingerprint density at radius 2 is 2.08 bits per heavy atom. The molecule has 7 nitrogen and oxygen atoms in total. The lowest BCUT2D eigenvalue weighted by Crippen LogP contribution is -2.63. The van der Waals surface area contributed by atoms with Gasteiger partial charge in [0.25, 0.3) is 0 Å². The first kappa shape index (κ1) is 7.90. The molecule has 1 N–H and O–H groups in total. The minimum atomic E-state index is -3.67. The van der Waals surface area contributed by atoms with Gasteiger partial charge in [0.15, 0.2) is 0 Å². The van der Waals surface area contributed by atoms with Crippen LogP contribution in [-0.2, 0) is 27.7 Å². The molecule has 13 heavy (non-hydrogen) atoms. The average molecular weight is 208 g/mol. The predicted octanol–water partition coefficient (Wildman–Crippen LogP) is -0.497. The number of esters is 1. The molecule has 0 aromatic heterocycles. The molecule has 4 saturated heterocycles. The molecule has 4 fully saturated rings. The average Bonchev–Trinajstić information content (AvgIpc) is 2.31. The van der Waals surface area contributed by atoms with Gasteiger partial charge in [-0.25, -0.2) is 22.9 Å². The molecule has 4 heterocycles. The van der Waals surface area contributed by atoms with Gasteiger partial charge in [0.05, 0.1) is 6.61 Å². The number of phosphoric ester groups is 1. The SMILES string of the molecule is O=C1OCCC2(O)OP3(=O)OC12O3. The Kier molecular flexibility index (Phi) is 1.11. The van der Waals surface area contributed by atoms with Crippen molar-refractivity contribution in [1.29, 1.82) is 0 Å². The molecule has 72 valence electrons. The molecular formula is C5H5O7P. The van der Waals surface area contributed by atoms with Gasteiger partial charge < -0.3 is 9.84 Å². The quantitative estimate of drug-likeness (QED) is 0.423. The molecule has 4 aliphatic heterocycles.